The molecule has 0 radical (unpaired) electrons. The van der Waals surface area contributed by atoms with Gasteiger partial charge >= 0.3 is 0 Å². The Morgan fingerprint density at radius 2 is 1.69 bits per heavy atom. The number of imide groups is 1. The fourth-order valence-electron chi connectivity index (χ4n) is 3.64. The van der Waals surface area contributed by atoms with Crippen molar-refractivity contribution in [3.63, 3.8) is 0 Å². The number of carbonyl (C=O) groups is 3. The van der Waals surface area contributed by atoms with Crippen molar-refractivity contribution >= 4 is 18.2 Å². The number of allylic oxidation sites excluding steroid dienone is 2. The molecular formula is C28H43N3O4. The molecule has 1 aromatic carbocycles. The highest BCUT2D eigenvalue weighted by molar-refractivity contribution is 5.99. The number of carbonyl (C=O) groups excluding carboxylic acids is 3. The van der Waals surface area contributed by atoms with Gasteiger partial charge < -0.3 is 5.32 Å². The standard InChI is InChI=1S/C28H43N3O4/c1-6-8-10-15-19-29-25(28(3,4)5)27(34)30-26(33)24(18-12-9-7-2)20-31(22-32)35-21-23-16-13-11-14-17-23/h6-7,11,13-14,16-17,22,24-25,29H,1-2,8-10,12,15,18-21H2,3-5H3,(H,30,33,34)/t24-,25-/m1/s1. The van der Waals surface area contributed by atoms with E-state index in [2.05, 4.69) is 23.8 Å². The third-order valence-electron chi connectivity index (χ3n) is 5.65. The van der Waals surface area contributed by atoms with Gasteiger partial charge in [0.2, 0.25) is 18.2 Å². The molecule has 0 aliphatic rings. The highest BCUT2D eigenvalue weighted by Crippen LogP contribution is 2.20. The first-order valence-corrected chi connectivity index (χ1v) is 12.4. The lowest BCUT2D eigenvalue weighted by molar-refractivity contribution is -0.182. The van der Waals surface area contributed by atoms with Crippen LogP contribution >= 0.6 is 0 Å². The van der Waals surface area contributed by atoms with Gasteiger partial charge in [-0.2, -0.15) is 0 Å². The minimum absolute atomic E-state index is 0.0573. The number of benzene rings is 1. The maximum atomic E-state index is 13.1. The lowest BCUT2D eigenvalue weighted by atomic mass is 9.85. The molecule has 2 atom stereocenters. The fraction of sp³-hybridized carbons (Fsp3) is 0.536. The molecule has 7 nitrogen and oxygen atoms in total. The van der Waals surface area contributed by atoms with Crippen molar-refractivity contribution in [2.24, 2.45) is 11.3 Å². The molecule has 0 fully saturated rings. The summed E-state index contributed by atoms with van der Waals surface area (Å²) in [5.74, 6) is -1.35. The van der Waals surface area contributed by atoms with Crippen molar-refractivity contribution in [1.82, 2.24) is 15.7 Å². The van der Waals surface area contributed by atoms with E-state index in [0.29, 0.717) is 25.8 Å². The second-order valence-electron chi connectivity index (χ2n) is 9.77. The van der Waals surface area contributed by atoms with E-state index in [0.717, 1.165) is 36.3 Å². The van der Waals surface area contributed by atoms with Crippen LogP contribution < -0.4 is 10.6 Å². The molecule has 0 bridgehead atoms. The Kier molecular flexibility index (Phi) is 14.5. The zero-order valence-corrected chi connectivity index (χ0v) is 21.6. The van der Waals surface area contributed by atoms with Crippen LogP contribution in [0, 0.1) is 11.3 Å². The molecule has 0 aliphatic carbocycles. The van der Waals surface area contributed by atoms with Gasteiger partial charge in [-0.05, 0) is 56.0 Å². The van der Waals surface area contributed by atoms with Crippen LogP contribution in [-0.4, -0.2) is 42.4 Å². The number of rotatable bonds is 18. The van der Waals surface area contributed by atoms with Gasteiger partial charge in [-0.1, -0.05) is 63.3 Å². The molecular weight excluding hydrogens is 442 g/mol. The molecule has 1 rings (SSSR count). The fourth-order valence-corrected chi connectivity index (χ4v) is 3.64. The summed E-state index contributed by atoms with van der Waals surface area (Å²) in [6, 6.07) is 8.94. The molecule has 7 heteroatoms. The van der Waals surface area contributed by atoms with Crippen LogP contribution in [0.3, 0.4) is 0 Å². The van der Waals surface area contributed by atoms with Crippen LogP contribution in [0.5, 0.6) is 0 Å². The second kappa shape index (κ2) is 16.8. The van der Waals surface area contributed by atoms with Crippen molar-refractivity contribution in [2.45, 2.75) is 71.9 Å². The number of hydrogen-bond acceptors (Lipinski definition) is 5. The largest absolute Gasteiger partial charge is 0.305 e. The predicted octanol–water partition coefficient (Wildman–Crippen LogP) is 4.55. The van der Waals surface area contributed by atoms with E-state index in [1.165, 1.54) is 0 Å². The van der Waals surface area contributed by atoms with Crippen LogP contribution in [0.15, 0.2) is 55.6 Å². The molecule has 0 saturated carbocycles. The van der Waals surface area contributed by atoms with E-state index in [4.69, 9.17) is 4.84 Å². The molecule has 0 saturated heterocycles. The van der Waals surface area contributed by atoms with Crippen LogP contribution in [0.25, 0.3) is 0 Å². The van der Waals surface area contributed by atoms with Gasteiger partial charge in [-0.3, -0.25) is 24.5 Å². The zero-order valence-electron chi connectivity index (χ0n) is 21.6. The first-order chi connectivity index (χ1) is 16.7. The third kappa shape index (κ3) is 12.5. The minimum Gasteiger partial charge on any atom is -0.305 e. The lowest BCUT2D eigenvalue weighted by Gasteiger charge is -2.31. The van der Waals surface area contributed by atoms with Crippen LogP contribution in [0.1, 0.15) is 64.9 Å². The van der Waals surface area contributed by atoms with E-state index < -0.39 is 17.9 Å². The van der Waals surface area contributed by atoms with Gasteiger partial charge in [0.1, 0.15) is 6.61 Å². The average molecular weight is 486 g/mol. The topological polar surface area (TPSA) is 87.7 Å². The lowest BCUT2D eigenvalue weighted by Crippen LogP contribution is -2.54. The van der Waals surface area contributed by atoms with Gasteiger partial charge in [-0.15, -0.1) is 13.2 Å². The Morgan fingerprint density at radius 3 is 2.29 bits per heavy atom. The first kappa shape index (κ1) is 30.3. The number of hydrogen-bond donors (Lipinski definition) is 2. The van der Waals surface area contributed by atoms with E-state index in [9.17, 15) is 14.4 Å². The monoisotopic (exact) mass is 485 g/mol. The summed E-state index contributed by atoms with van der Waals surface area (Å²) in [4.78, 5) is 43.5. The van der Waals surface area contributed by atoms with Crippen molar-refractivity contribution < 1.29 is 19.2 Å². The summed E-state index contributed by atoms with van der Waals surface area (Å²) >= 11 is 0. The van der Waals surface area contributed by atoms with Crippen LogP contribution in [-0.2, 0) is 25.8 Å². The zero-order chi connectivity index (χ0) is 26.1. The normalized spacial score (nSPS) is 12.9. The molecule has 35 heavy (non-hydrogen) atoms. The quantitative estimate of drug-likeness (QED) is 0.138. The second-order valence-corrected chi connectivity index (χ2v) is 9.77. The maximum Gasteiger partial charge on any atom is 0.244 e. The van der Waals surface area contributed by atoms with Crippen LogP contribution in [0.4, 0.5) is 0 Å². The average Bonchev–Trinajstić information content (AvgIpc) is 2.82. The van der Waals surface area contributed by atoms with E-state index in [-0.39, 0.29) is 24.5 Å². The van der Waals surface area contributed by atoms with Crippen molar-refractivity contribution in [2.75, 3.05) is 13.1 Å². The highest BCUT2D eigenvalue weighted by atomic mass is 16.7. The van der Waals surface area contributed by atoms with E-state index in [1.807, 2.05) is 57.2 Å². The predicted molar refractivity (Wildman–Crippen MR) is 140 cm³/mol. The van der Waals surface area contributed by atoms with Gasteiger partial charge in [0.25, 0.3) is 0 Å². The number of nitrogens with one attached hydrogen (secondary N) is 2. The molecule has 0 unspecified atom stereocenters. The van der Waals surface area contributed by atoms with Crippen LogP contribution in [0.2, 0.25) is 0 Å². The Bertz CT molecular complexity index is 789. The van der Waals surface area contributed by atoms with Gasteiger partial charge in [-0.25, -0.2) is 5.06 Å². The molecule has 2 N–H and O–H groups in total. The Balaban J connectivity index is 2.80. The molecule has 194 valence electrons. The Hall–Kier alpha value is -2.77. The summed E-state index contributed by atoms with van der Waals surface area (Å²) in [7, 11) is 0. The maximum absolute atomic E-state index is 13.1. The van der Waals surface area contributed by atoms with Crippen molar-refractivity contribution in [3.8, 4) is 0 Å². The molecule has 0 spiro atoms. The van der Waals surface area contributed by atoms with Gasteiger partial charge in [0.05, 0.1) is 18.5 Å². The highest BCUT2D eigenvalue weighted by Gasteiger charge is 2.33. The SMILES string of the molecule is C=CCCCCN[C@H](C(=O)NC(=O)[C@H](CCCC=C)CN(C=O)OCc1ccccc1)C(C)(C)C. The van der Waals surface area contributed by atoms with Gasteiger partial charge in [0, 0.05) is 0 Å². The van der Waals surface area contributed by atoms with Crippen molar-refractivity contribution in [1.29, 1.82) is 0 Å². The summed E-state index contributed by atoms with van der Waals surface area (Å²) in [5.41, 5.74) is 0.531. The Labute approximate surface area is 210 Å². The number of amides is 3. The number of unbranched alkanes of at least 4 members (excludes halogenated alkanes) is 3. The molecule has 1 aromatic rings. The van der Waals surface area contributed by atoms with Gasteiger partial charge in [0.15, 0.2) is 0 Å². The molecule has 0 aliphatic heterocycles. The molecule has 0 heterocycles. The number of nitrogens with zero attached hydrogens (tertiary/aromatic N) is 1. The molecule has 0 aromatic heterocycles. The number of hydroxylamine groups is 2. The van der Waals surface area contributed by atoms with Crippen molar-refractivity contribution in [3.05, 3.63) is 61.2 Å². The van der Waals surface area contributed by atoms with E-state index >= 15 is 0 Å². The summed E-state index contributed by atoms with van der Waals surface area (Å²) in [6.45, 7) is 14.3. The molecule has 3 amide bonds. The van der Waals surface area contributed by atoms with E-state index in [1.54, 1.807) is 6.08 Å². The minimum atomic E-state index is -0.590. The summed E-state index contributed by atoms with van der Waals surface area (Å²) in [5, 5.41) is 7.02. The summed E-state index contributed by atoms with van der Waals surface area (Å²) < 4.78 is 0. The Morgan fingerprint density at radius 1 is 1.03 bits per heavy atom. The first-order valence-electron chi connectivity index (χ1n) is 12.4. The third-order valence-corrected chi connectivity index (χ3v) is 5.65. The summed E-state index contributed by atoms with van der Waals surface area (Å²) in [6.07, 6.45) is 9.02. The smallest absolute Gasteiger partial charge is 0.244 e.